The van der Waals surface area contributed by atoms with Gasteiger partial charge in [0, 0.05) is 20.8 Å². The molecule has 1 fully saturated rings. The molecule has 0 aromatic rings. The van der Waals surface area contributed by atoms with Gasteiger partial charge in [0.2, 0.25) is 0 Å². The van der Waals surface area contributed by atoms with Gasteiger partial charge in [-0.15, -0.1) is 0 Å². The molecule has 1 aliphatic heterocycles. The van der Waals surface area contributed by atoms with Gasteiger partial charge in [0.05, 0.1) is 25.5 Å². The highest BCUT2D eigenvalue weighted by Gasteiger charge is 2.51. The average Bonchev–Trinajstić information content (AvgIpc) is 2.54. The molecule has 9 nitrogen and oxygen atoms in total. The normalized spacial score (nSPS) is 25.5. The van der Waals surface area contributed by atoms with Crippen molar-refractivity contribution in [3.63, 3.8) is 0 Å². The van der Waals surface area contributed by atoms with Crippen LogP contribution in [0.3, 0.4) is 0 Å². The number of carbonyl (C=O) groups excluding carboxylic acids is 3. The van der Waals surface area contributed by atoms with Gasteiger partial charge in [0.1, 0.15) is 12.7 Å². The molecule has 156 valence electrons. The van der Waals surface area contributed by atoms with Crippen molar-refractivity contribution >= 4 is 36.2 Å². The van der Waals surface area contributed by atoms with Crippen molar-refractivity contribution in [3.8, 4) is 0 Å². The van der Waals surface area contributed by atoms with Crippen LogP contribution in [0.5, 0.6) is 0 Å². The smallest absolute Gasteiger partial charge is 0.303 e. The summed E-state index contributed by atoms with van der Waals surface area (Å²) in [6.45, 7) is 4.82. The van der Waals surface area contributed by atoms with Crippen LogP contribution >= 0.6 is 6.49 Å². The van der Waals surface area contributed by atoms with Gasteiger partial charge in [-0.2, -0.15) is 0 Å². The summed E-state index contributed by atoms with van der Waals surface area (Å²) in [7, 11) is 0. The molecule has 0 saturated carbocycles. The number of ether oxygens (including phenoxy) is 4. The van der Waals surface area contributed by atoms with E-state index >= 15 is 0 Å². The minimum atomic E-state index is -2.92. The molecule has 0 aromatic heterocycles. The Kier molecular flexibility index (Phi) is 9.83. The maximum absolute atomic E-state index is 11.7. The molecule has 0 unspecified atom stereocenters. The topological polar surface area (TPSA) is 107 Å². The third-order valence-corrected chi connectivity index (χ3v) is 7.57. The van der Waals surface area contributed by atoms with Gasteiger partial charge in [-0.25, -0.2) is 0 Å². The van der Waals surface area contributed by atoms with Crippen LogP contribution in [0.4, 0.5) is 0 Å². The molecular weight excluding hydrogens is 399 g/mol. The van der Waals surface area contributed by atoms with Crippen LogP contribution in [0.25, 0.3) is 0 Å². The Hall–Kier alpha value is -1.06. The van der Waals surface area contributed by atoms with Gasteiger partial charge in [0.15, 0.2) is 18.7 Å². The molecule has 4 atom stereocenters. The van der Waals surface area contributed by atoms with Crippen LogP contribution in [0.15, 0.2) is 0 Å². The SMILES string of the molecule is CCOP(=S)(OCC)[C@H]1CO[C@H](COC(C)=O)[C@@H](OC(C)=O)[C@@H]1OC(C)=O. The minimum Gasteiger partial charge on any atom is -0.463 e. The van der Waals surface area contributed by atoms with Gasteiger partial charge in [-0.05, 0) is 25.7 Å². The highest BCUT2D eigenvalue weighted by atomic mass is 32.5. The number of esters is 3. The van der Waals surface area contributed by atoms with Gasteiger partial charge in [0.25, 0.3) is 0 Å². The molecule has 1 saturated heterocycles. The van der Waals surface area contributed by atoms with Crippen molar-refractivity contribution in [2.24, 2.45) is 0 Å². The van der Waals surface area contributed by atoms with Gasteiger partial charge in [-0.3, -0.25) is 14.4 Å². The van der Waals surface area contributed by atoms with Crippen LogP contribution in [0.2, 0.25) is 0 Å². The van der Waals surface area contributed by atoms with Gasteiger partial charge in [-0.1, -0.05) is 0 Å². The zero-order valence-electron chi connectivity index (χ0n) is 16.2. The predicted molar refractivity (Wildman–Crippen MR) is 98.8 cm³/mol. The Morgan fingerprint density at radius 3 is 1.93 bits per heavy atom. The van der Waals surface area contributed by atoms with E-state index in [0.717, 1.165) is 0 Å². The molecule has 0 amide bonds. The van der Waals surface area contributed by atoms with Crippen LogP contribution < -0.4 is 0 Å². The summed E-state index contributed by atoms with van der Waals surface area (Å²) in [5.41, 5.74) is -0.644. The quantitative estimate of drug-likeness (QED) is 0.306. The summed E-state index contributed by atoms with van der Waals surface area (Å²) in [4.78, 5) is 34.5. The van der Waals surface area contributed by atoms with E-state index in [-0.39, 0.29) is 13.2 Å². The molecule has 0 bridgehead atoms. The van der Waals surface area contributed by atoms with Crippen LogP contribution in [0.1, 0.15) is 34.6 Å². The number of rotatable bonds is 9. The van der Waals surface area contributed by atoms with Crippen LogP contribution in [-0.4, -0.2) is 68.3 Å². The first kappa shape index (κ1) is 24.0. The maximum Gasteiger partial charge on any atom is 0.303 e. The van der Waals surface area contributed by atoms with E-state index < -0.39 is 48.4 Å². The first-order chi connectivity index (χ1) is 12.6. The van der Waals surface area contributed by atoms with Crippen molar-refractivity contribution in [1.82, 2.24) is 0 Å². The van der Waals surface area contributed by atoms with Crippen molar-refractivity contribution in [2.75, 3.05) is 26.4 Å². The van der Waals surface area contributed by atoms with Crippen LogP contribution in [-0.2, 0) is 54.2 Å². The van der Waals surface area contributed by atoms with Crippen LogP contribution in [0, 0.1) is 0 Å². The summed E-state index contributed by atoms with van der Waals surface area (Å²) in [6, 6.07) is 0. The third kappa shape index (κ3) is 7.12. The third-order valence-electron chi connectivity index (χ3n) is 3.63. The molecule has 1 rings (SSSR count). The standard InChI is InChI=1S/C16H27O9PS/c1-6-22-26(27,23-7-2)14-9-21-13(8-20-10(3)17)15(24-11(4)18)16(14)25-12(5)19/h13-16H,6-9H2,1-5H3/t13-,14+,15-,16-/m1/s1. The lowest BCUT2D eigenvalue weighted by atomic mass is 10.0. The molecule has 0 radical (unpaired) electrons. The number of hydrogen-bond donors (Lipinski definition) is 0. The molecule has 1 aliphatic rings. The van der Waals surface area contributed by atoms with Gasteiger partial charge >= 0.3 is 17.9 Å². The fourth-order valence-electron chi connectivity index (χ4n) is 2.72. The average molecular weight is 426 g/mol. The summed E-state index contributed by atoms with van der Waals surface area (Å²) < 4.78 is 33.0. The summed E-state index contributed by atoms with van der Waals surface area (Å²) >= 11 is 5.63. The minimum absolute atomic E-state index is 0.0406. The molecule has 0 spiro atoms. The van der Waals surface area contributed by atoms with E-state index in [1.807, 2.05) is 0 Å². The van der Waals surface area contributed by atoms with E-state index in [9.17, 15) is 14.4 Å². The zero-order valence-corrected chi connectivity index (χ0v) is 17.9. The zero-order chi connectivity index (χ0) is 20.6. The second kappa shape index (κ2) is 11.1. The molecule has 27 heavy (non-hydrogen) atoms. The van der Waals surface area contributed by atoms with E-state index in [1.165, 1.54) is 20.8 Å². The predicted octanol–water partition coefficient (Wildman–Crippen LogP) is 1.56. The fourth-order valence-corrected chi connectivity index (χ4v) is 5.93. The lowest BCUT2D eigenvalue weighted by Crippen LogP contribution is -2.57. The summed E-state index contributed by atoms with van der Waals surface area (Å²) in [5.74, 6) is -1.69. The number of carbonyl (C=O) groups is 3. The molecule has 0 aromatic carbocycles. The Labute approximate surface area is 164 Å². The molecule has 0 N–H and O–H groups in total. The first-order valence-electron chi connectivity index (χ1n) is 8.62. The Bertz CT molecular complexity index is 572. The summed E-state index contributed by atoms with van der Waals surface area (Å²) in [5, 5.41) is 0. The van der Waals surface area contributed by atoms with Crippen molar-refractivity contribution in [2.45, 2.75) is 58.6 Å². The van der Waals surface area contributed by atoms with E-state index in [0.29, 0.717) is 13.2 Å². The second-order valence-electron chi connectivity index (χ2n) is 5.77. The Balaban J connectivity index is 3.24. The summed E-state index contributed by atoms with van der Waals surface area (Å²) in [6.07, 6.45) is -2.79. The molecule has 11 heteroatoms. The second-order valence-corrected chi connectivity index (χ2v) is 9.55. The van der Waals surface area contributed by atoms with Crippen molar-refractivity contribution < 1.29 is 42.4 Å². The first-order valence-corrected chi connectivity index (χ1v) is 11.3. The number of hydrogen-bond acceptors (Lipinski definition) is 10. The molecule has 1 heterocycles. The van der Waals surface area contributed by atoms with Crippen molar-refractivity contribution in [1.29, 1.82) is 0 Å². The fraction of sp³-hybridized carbons (Fsp3) is 0.812. The van der Waals surface area contributed by atoms with E-state index in [1.54, 1.807) is 13.8 Å². The molecular formula is C16H27O9PS. The highest BCUT2D eigenvalue weighted by Crippen LogP contribution is 2.57. The van der Waals surface area contributed by atoms with Crippen molar-refractivity contribution in [3.05, 3.63) is 0 Å². The largest absolute Gasteiger partial charge is 0.463 e. The Morgan fingerprint density at radius 1 is 0.963 bits per heavy atom. The lowest BCUT2D eigenvalue weighted by molar-refractivity contribution is -0.200. The van der Waals surface area contributed by atoms with E-state index in [2.05, 4.69) is 0 Å². The van der Waals surface area contributed by atoms with Gasteiger partial charge < -0.3 is 28.0 Å². The van der Waals surface area contributed by atoms with E-state index in [4.69, 9.17) is 39.8 Å². The highest BCUT2D eigenvalue weighted by molar-refractivity contribution is 8.10. The lowest BCUT2D eigenvalue weighted by Gasteiger charge is -2.44. The maximum atomic E-state index is 11.7. The Morgan fingerprint density at radius 2 is 1.48 bits per heavy atom. The molecule has 0 aliphatic carbocycles. The monoisotopic (exact) mass is 426 g/mol.